The van der Waals surface area contributed by atoms with Crippen molar-refractivity contribution in [2.75, 3.05) is 19.7 Å². The minimum atomic E-state index is -0.451. The first kappa shape index (κ1) is 16.0. The standard InChI is InChI=1S/C17H25NO3/c1-13-5-3-4-10-18(13)11-16(20)12-21-17-8-6-15(7-9-17)14(2)19/h6-9,13,16,20H,3-5,10-12H2,1-2H3/p+1/t13-,16+/m1/s1. The molecule has 1 aliphatic rings. The molecule has 4 nitrogen and oxygen atoms in total. The van der Waals surface area contributed by atoms with Gasteiger partial charge in [-0.15, -0.1) is 0 Å². The fraction of sp³-hybridized carbons (Fsp3) is 0.588. The van der Waals surface area contributed by atoms with Gasteiger partial charge < -0.3 is 14.7 Å². The van der Waals surface area contributed by atoms with E-state index in [4.69, 9.17) is 4.74 Å². The molecule has 1 aromatic rings. The number of carbonyl (C=O) groups is 1. The lowest BCUT2D eigenvalue weighted by atomic mass is 10.0. The molecule has 1 saturated heterocycles. The lowest BCUT2D eigenvalue weighted by Gasteiger charge is -2.31. The molecule has 0 aliphatic carbocycles. The molecule has 0 spiro atoms. The Bertz CT molecular complexity index is 458. The number of ketones is 1. The molecular formula is C17H26NO3+. The molecule has 0 aromatic heterocycles. The Morgan fingerprint density at radius 3 is 2.71 bits per heavy atom. The van der Waals surface area contributed by atoms with E-state index in [0.29, 0.717) is 24.0 Å². The summed E-state index contributed by atoms with van der Waals surface area (Å²) in [4.78, 5) is 12.7. The Morgan fingerprint density at radius 2 is 2.10 bits per heavy atom. The minimum Gasteiger partial charge on any atom is -0.491 e. The van der Waals surface area contributed by atoms with Gasteiger partial charge in [0, 0.05) is 5.56 Å². The lowest BCUT2D eigenvalue weighted by Crippen LogP contribution is -3.17. The molecule has 1 fully saturated rings. The van der Waals surface area contributed by atoms with E-state index in [2.05, 4.69) is 6.92 Å². The van der Waals surface area contributed by atoms with Crippen LogP contribution in [0.25, 0.3) is 0 Å². The Kier molecular flexibility index (Phi) is 5.76. The van der Waals surface area contributed by atoms with Crippen LogP contribution in [0, 0.1) is 0 Å². The topological polar surface area (TPSA) is 51.0 Å². The van der Waals surface area contributed by atoms with Gasteiger partial charge in [0.2, 0.25) is 0 Å². The zero-order valence-electron chi connectivity index (χ0n) is 13.0. The molecule has 4 heteroatoms. The van der Waals surface area contributed by atoms with Crippen LogP contribution < -0.4 is 9.64 Å². The summed E-state index contributed by atoms with van der Waals surface area (Å²) in [6, 6.07) is 7.69. The third-order valence-electron chi connectivity index (χ3n) is 4.28. The van der Waals surface area contributed by atoms with E-state index < -0.39 is 6.10 Å². The SMILES string of the molecule is CC(=O)c1ccc(OC[C@@H](O)C[NH+]2CCCC[C@H]2C)cc1. The quantitative estimate of drug-likeness (QED) is 0.772. The predicted octanol–water partition coefficient (Wildman–Crippen LogP) is 1.09. The highest BCUT2D eigenvalue weighted by atomic mass is 16.5. The smallest absolute Gasteiger partial charge is 0.159 e. The number of aliphatic hydroxyl groups is 1. The molecule has 3 atom stereocenters. The number of benzene rings is 1. The number of quaternary nitrogens is 1. The van der Waals surface area contributed by atoms with Gasteiger partial charge in [-0.2, -0.15) is 0 Å². The normalized spacial score (nSPS) is 23.6. The minimum absolute atomic E-state index is 0.0456. The highest BCUT2D eigenvalue weighted by molar-refractivity contribution is 5.94. The highest BCUT2D eigenvalue weighted by Crippen LogP contribution is 2.12. The van der Waals surface area contributed by atoms with E-state index in [9.17, 15) is 9.90 Å². The van der Waals surface area contributed by atoms with Gasteiger partial charge >= 0.3 is 0 Å². The number of rotatable bonds is 6. The van der Waals surface area contributed by atoms with Gasteiger partial charge in [0.1, 0.15) is 25.0 Å². The zero-order chi connectivity index (χ0) is 15.2. The number of Topliss-reactive ketones (excluding diaryl/α,β-unsaturated/α-hetero) is 1. The van der Waals surface area contributed by atoms with Gasteiger partial charge in [0.05, 0.1) is 12.6 Å². The summed E-state index contributed by atoms with van der Waals surface area (Å²) in [5, 5.41) is 10.1. The number of carbonyl (C=O) groups excluding carboxylic acids is 1. The van der Waals surface area contributed by atoms with E-state index in [1.54, 1.807) is 31.2 Å². The molecular weight excluding hydrogens is 266 g/mol. The van der Waals surface area contributed by atoms with Crippen molar-refractivity contribution in [2.24, 2.45) is 0 Å². The molecule has 116 valence electrons. The van der Waals surface area contributed by atoms with Crippen LogP contribution in [0.3, 0.4) is 0 Å². The van der Waals surface area contributed by atoms with Crippen molar-refractivity contribution in [3.05, 3.63) is 29.8 Å². The van der Waals surface area contributed by atoms with Gasteiger partial charge in [-0.25, -0.2) is 0 Å². The summed E-state index contributed by atoms with van der Waals surface area (Å²) < 4.78 is 5.60. The molecule has 0 saturated carbocycles. The molecule has 2 rings (SSSR count). The largest absolute Gasteiger partial charge is 0.491 e. The highest BCUT2D eigenvalue weighted by Gasteiger charge is 2.24. The van der Waals surface area contributed by atoms with E-state index in [-0.39, 0.29) is 5.78 Å². The Morgan fingerprint density at radius 1 is 1.38 bits per heavy atom. The first-order valence-electron chi connectivity index (χ1n) is 7.82. The van der Waals surface area contributed by atoms with E-state index in [0.717, 1.165) is 13.1 Å². The summed E-state index contributed by atoms with van der Waals surface area (Å²) in [5.74, 6) is 0.741. The number of hydrogen-bond acceptors (Lipinski definition) is 3. The van der Waals surface area contributed by atoms with Crippen molar-refractivity contribution < 1.29 is 19.5 Å². The summed E-state index contributed by atoms with van der Waals surface area (Å²) in [5.41, 5.74) is 0.675. The van der Waals surface area contributed by atoms with Crippen molar-refractivity contribution in [1.82, 2.24) is 0 Å². The van der Waals surface area contributed by atoms with Gasteiger partial charge in [0.15, 0.2) is 5.78 Å². The molecule has 1 heterocycles. The number of piperidine rings is 1. The molecule has 2 N–H and O–H groups in total. The van der Waals surface area contributed by atoms with Crippen LogP contribution in [0.15, 0.2) is 24.3 Å². The maximum atomic E-state index is 11.2. The third kappa shape index (κ3) is 4.83. The van der Waals surface area contributed by atoms with Crippen LogP contribution in [-0.2, 0) is 0 Å². The number of likely N-dealkylation sites (tertiary alicyclic amines) is 1. The van der Waals surface area contributed by atoms with Crippen LogP contribution in [0.2, 0.25) is 0 Å². The van der Waals surface area contributed by atoms with Crippen LogP contribution in [0.1, 0.15) is 43.5 Å². The summed E-state index contributed by atoms with van der Waals surface area (Å²) in [6.45, 7) is 5.98. The van der Waals surface area contributed by atoms with Gasteiger partial charge in [-0.3, -0.25) is 4.79 Å². The molecule has 1 aliphatic heterocycles. The van der Waals surface area contributed by atoms with Crippen molar-refractivity contribution >= 4 is 5.78 Å². The number of hydrogen-bond donors (Lipinski definition) is 2. The van der Waals surface area contributed by atoms with Crippen LogP contribution in [-0.4, -0.2) is 42.7 Å². The molecule has 1 unspecified atom stereocenters. The van der Waals surface area contributed by atoms with E-state index in [1.165, 1.54) is 24.2 Å². The molecule has 21 heavy (non-hydrogen) atoms. The van der Waals surface area contributed by atoms with Crippen molar-refractivity contribution in [3.8, 4) is 5.75 Å². The molecule has 0 radical (unpaired) electrons. The number of aliphatic hydroxyl groups excluding tert-OH is 1. The van der Waals surface area contributed by atoms with Gasteiger partial charge in [-0.05, 0) is 57.4 Å². The van der Waals surface area contributed by atoms with Gasteiger partial charge in [-0.1, -0.05) is 0 Å². The van der Waals surface area contributed by atoms with Crippen LogP contribution >= 0.6 is 0 Å². The van der Waals surface area contributed by atoms with E-state index in [1.807, 2.05) is 0 Å². The maximum absolute atomic E-state index is 11.2. The average Bonchev–Trinajstić information content (AvgIpc) is 2.48. The zero-order valence-corrected chi connectivity index (χ0v) is 13.0. The van der Waals surface area contributed by atoms with Crippen LogP contribution in [0.4, 0.5) is 0 Å². The summed E-state index contributed by atoms with van der Waals surface area (Å²) in [6.07, 6.45) is 3.35. The lowest BCUT2D eigenvalue weighted by molar-refractivity contribution is -0.931. The fourth-order valence-electron chi connectivity index (χ4n) is 2.90. The predicted molar refractivity (Wildman–Crippen MR) is 82.0 cm³/mol. The number of ether oxygens (including phenoxy) is 1. The second-order valence-corrected chi connectivity index (χ2v) is 6.05. The molecule has 0 bridgehead atoms. The van der Waals surface area contributed by atoms with Crippen molar-refractivity contribution in [2.45, 2.75) is 45.3 Å². The average molecular weight is 292 g/mol. The third-order valence-corrected chi connectivity index (χ3v) is 4.28. The van der Waals surface area contributed by atoms with Crippen molar-refractivity contribution in [1.29, 1.82) is 0 Å². The maximum Gasteiger partial charge on any atom is 0.159 e. The van der Waals surface area contributed by atoms with Crippen LogP contribution in [0.5, 0.6) is 5.75 Å². The van der Waals surface area contributed by atoms with Gasteiger partial charge in [0.25, 0.3) is 0 Å². The first-order chi connectivity index (χ1) is 10.1. The Hall–Kier alpha value is -1.39. The second-order valence-electron chi connectivity index (χ2n) is 6.05. The fourth-order valence-corrected chi connectivity index (χ4v) is 2.90. The summed E-state index contributed by atoms with van der Waals surface area (Å²) in [7, 11) is 0. The summed E-state index contributed by atoms with van der Waals surface area (Å²) >= 11 is 0. The number of nitrogens with one attached hydrogen (secondary N) is 1. The molecule has 0 amide bonds. The first-order valence-corrected chi connectivity index (χ1v) is 7.82. The van der Waals surface area contributed by atoms with E-state index >= 15 is 0 Å². The molecule has 1 aromatic carbocycles. The Balaban J connectivity index is 1.77. The second kappa shape index (κ2) is 7.57. The monoisotopic (exact) mass is 292 g/mol. The van der Waals surface area contributed by atoms with Crippen molar-refractivity contribution in [3.63, 3.8) is 0 Å². The Labute approximate surface area is 126 Å².